The lowest BCUT2D eigenvalue weighted by molar-refractivity contribution is 0.180. The minimum atomic E-state index is 0.462. The lowest BCUT2D eigenvalue weighted by Crippen LogP contribution is -2.32. The SMILES string of the molecule is CNC(c1cnccc1C)C1CC(C)CC(C)C1. The van der Waals surface area contributed by atoms with Crippen LogP contribution in [-0.2, 0) is 0 Å². The molecule has 1 fully saturated rings. The van der Waals surface area contributed by atoms with Gasteiger partial charge in [-0.15, -0.1) is 0 Å². The zero-order valence-electron chi connectivity index (χ0n) is 12.1. The Morgan fingerprint density at radius 1 is 1.22 bits per heavy atom. The van der Waals surface area contributed by atoms with Gasteiger partial charge in [0.05, 0.1) is 0 Å². The predicted octanol–water partition coefficient (Wildman–Crippen LogP) is 3.72. The number of hydrogen-bond donors (Lipinski definition) is 1. The van der Waals surface area contributed by atoms with Gasteiger partial charge in [0.15, 0.2) is 0 Å². The first kappa shape index (κ1) is 13.5. The molecule has 0 radical (unpaired) electrons. The highest BCUT2D eigenvalue weighted by Gasteiger charge is 2.30. The van der Waals surface area contributed by atoms with Crippen molar-refractivity contribution in [3.8, 4) is 0 Å². The molecule has 0 spiro atoms. The van der Waals surface area contributed by atoms with E-state index in [1.54, 1.807) is 0 Å². The molecule has 3 unspecified atom stereocenters. The molecule has 1 N–H and O–H groups in total. The van der Waals surface area contributed by atoms with Crippen LogP contribution in [0.2, 0.25) is 0 Å². The van der Waals surface area contributed by atoms with Crippen molar-refractivity contribution in [1.29, 1.82) is 0 Å². The number of aromatic nitrogens is 1. The minimum Gasteiger partial charge on any atom is -0.313 e. The Labute approximate surface area is 111 Å². The van der Waals surface area contributed by atoms with Crippen molar-refractivity contribution in [3.63, 3.8) is 0 Å². The molecule has 2 nitrogen and oxygen atoms in total. The number of pyridine rings is 1. The lowest BCUT2D eigenvalue weighted by Gasteiger charge is -2.37. The van der Waals surface area contributed by atoms with Crippen molar-refractivity contribution in [2.45, 2.75) is 46.1 Å². The van der Waals surface area contributed by atoms with Gasteiger partial charge in [0.25, 0.3) is 0 Å². The number of rotatable bonds is 3. The highest BCUT2D eigenvalue weighted by Crippen LogP contribution is 2.40. The van der Waals surface area contributed by atoms with Crippen molar-refractivity contribution < 1.29 is 0 Å². The maximum atomic E-state index is 4.31. The van der Waals surface area contributed by atoms with Gasteiger partial charge in [-0.3, -0.25) is 4.98 Å². The van der Waals surface area contributed by atoms with Crippen LogP contribution >= 0.6 is 0 Å². The maximum Gasteiger partial charge on any atom is 0.0364 e. The van der Waals surface area contributed by atoms with Gasteiger partial charge in [-0.25, -0.2) is 0 Å². The van der Waals surface area contributed by atoms with Crippen LogP contribution in [0.3, 0.4) is 0 Å². The molecule has 0 aromatic carbocycles. The molecule has 1 aliphatic carbocycles. The summed E-state index contributed by atoms with van der Waals surface area (Å²) >= 11 is 0. The molecular formula is C16H26N2. The molecule has 18 heavy (non-hydrogen) atoms. The Bertz CT molecular complexity index is 378. The first-order valence-electron chi connectivity index (χ1n) is 7.19. The fourth-order valence-corrected chi connectivity index (χ4v) is 3.73. The van der Waals surface area contributed by atoms with Gasteiger partial charge < -0.3 is 5.32 Å². The number of aryl methyl sites for hydroxylation is 1. The molecule has 0 bridgehead atoms. The quantitative estimate of drug-likeness (QED) is 0.879. The molecule has 1 saturated carbocycles. The smallest absolute Gasteiger partial charge is 0.0364 e. The summed E-state index contributed by atoms with van der Waals surface area (Å²) in [6.45, 7) is 6.98. The van der Waals surface area contributed by atoms with Gasteiger partial charge in [0.1, 0.15) is 0 Å². The number of nitrogens with one attached hydrogen (secondary N) is 1. The Balaban J connectivity index is 2.20. The molecule has 0 aliphatic heterocycles. The van der Waals surface area contributed by atoms with Crippen LogP contribution < -0.4 is 5.32 Å². The third-order valence-electron chi connectivity index (χ3n) is 4.41. The summed E-state index contributed by atoms with van der Waals surface area (Å²) in [5, 5.41) is 3.53. The second-order valence-electron chi connectivity index (χ2n) is 6.18. The van der Waals surface area contributed by atoms with Gasteiger partial charge in [0, 0.05) is 18.4 Å². The zero-order valence-corrected chi connectivity index (χ0v) is 12.1. The molecule has 0 amide bonds. The van der Waals surface area contributed by atoms with E-state index in [0.29, 0.717) is 6.04 Å². The summed E-state index contributed by atoms with van der Waals surface area (Å²) in [7, 11) is 2.08. The lowest BCUT2D eigenvalue weighted by atomic mass is 9.72. The number of nitrogens with zero attached hydrogens (tertiary/aromatic N) is 1. The average molecular weight is 246 g/mol. The van der Waals surface area contributed by atoms with E-state index in [-0.39, 0.29) is 0 Å². The van der Waals surface area contributed by atoms with Crippen molar-refractivity contribution in [2.75, 3.05) is 7.05 Å². The molecular weight excluding hydrogens is 220 g/mol. The van der Waals surface area contributed by atoms with Gasteiger partial charge in [-0.05, 0) is 68.2 Å². The normalized spacial score (nSPS) is 30.1. The first-order chi connectivity index (χ1) is 8.61. The monoisotopic (exact) mass is 246 g/mol. The van der Waals surface area contributed by atoms with Gasteiger partial charge in [-0.2, -0.15) is 0 Å². The number of hydrogen-bond acceptors (Lipinski definition) is 2. The average Bonchev–Trinajstić information content (AvgIpc) is 2.31. The van der Waals surface area contributed by atoms with Crippen molar-refractivity contribution in [3.05, 3.63) is 29.6 Å². The van der Waals surface area contributed by atoms with E-state index in [2.05, 4.69) is 44.2 Å². The second kappa shape index (κ2) is 5.83. The zero-order chi connectivity index (χ0) is 13.1. The topological polar surface area (TPSA) is 24.9 Å². The molecule has 0 saturated heterocycles. The third kappa shape index (κ3) is 2.92. The highest BCUT2D eigenvalue weighted by atomic mass is 14.9. The van der Waals surface area contributed by atoms with Crippen LogP contribution in [0.4, 0.5) is 0 Å². The largest absolute Gasteiger partial charge is 0.313 e. The summed E-state index contributed by atoms with van der Waals surface area (Å²) in [5.41, 5.74) is 2.74. The highest BCUT2D eigenvalue weighted by molar-refractivity contribution is 5.25. The van der Waals surface area contributed by atoms with Crippen LogP contribution in [0, 0.1) is 24.7 Å². The first-order valence-corrected chi connectivity index (χ1v) is 7.19. The molecule has 3 atom stereocenters. The summed E-state index contributed by atoms with van der Waals surface area (Å²) in [6, 6.07) is 2.58. The van der Waals surface area contributed by atoms with E-state index in [4.69, 9.17) is 0 Å². The van der Waals surface area contributed by atoms with Gasteiger partial charge in [-0.1, -0.05) is 13.8 Å². The van der Waals surface area contributed by atoms with E-state index in [9.17, 15) is 0 Å². The van der Waals surface area contributed by atoms with E-state index in [0.717, 1.165) is 17.8 Å². The summed E-state index contributed by atoms with van der Waals surface area (Å²) in [4.78, 5) is 4.31. The molecule has 1 aromatic rings. The van der Waals surface area contributed by atoms with Gasteiger partial charge >= 0.3 is 0 Å². The summed E-state index contributed by atoms with van der Waals surface area (Å²) in [6.07, 6.45) is 7.99. The summed E-state index contributed by atoms with van der Waals surface area (Å²) < 4.78 is 0. The third-order valence-corrected chi connectivity index (χ3v) is 4.41. The van der Waals surface area contributed by atoms with E-state index in [1.165, 1.54) is 30.4 Å². The van der Waals surface area contributed by atoms with Crippen LogP contribution in [0.25, 0.3) is 0 Å². The molecule has 1 heterocycles. The summed E-state index contributed by atoms with van der Waals surface area (Å²) in [5.74, 6) is 2.45. The molecule has 1 aliphatic rings. The Morgan fingerprint density at radius 2 is 1.89 bits per heavy atom. The van der Waals surface area contributed by atoms with E-state index < -0.39 is 0 Å². The molecule has 1 aromatic heterocycles. The Kier molecular flexibility index (Phi) is 4.39. The van der Waals surface area contributed by atoms with Crippen molar-refractivity contribution in [1.82, 2.24) is 10.3 Å². The minimum absolute atomic E-state index is 0.462. The van der Waals surface area contributed by atoms with Crippen molar-refractivity contribution in [2.24, 2.45) is 17.8 Å². The Morgan fingerprint density at radius 3 is 2.44 bits per heavy atom. The van der Waals surface area contributed by atoms with Crippen LogP contribution in [0.5, 0.6) is 0 Å². The second-order valence-corrected chi connectivity index (χ2v) is 6.18. The molecule has 2 rings (SSSR count). The van der Waals surface area contributed by atoms with Crippen LogP contribution in [0.1, 0.15) is 50.3 Å². The fourth-order valence-electron chi connectivity index (χ4n) is 3.73. The van der Waals surface area contributed by atoms with E-state index >= 15 is 0 Å². The predicted molar refractivity (Wildman–Crippen MR) is 76.4 cm³/mol. The maximum absolute atomic E-state index is 4.31. The van der Waals surface area contributed by atoms with Crippen LogP contribution in [-0.4, -0.2) is 12.0 Å². The van der Waals surface area contributed by atoms with E-state index in [1.807, 2.05) is 12.4 Å². The fraction of sp³-hybridized carbons (Fsp3) is 0.688. The standard InChI is InChI=1S/C16H26N2/c1-11-7-12(2)9-14(8-11)16(17-4)15-10-18-6-5-13(15)3/h5-6,10-12,14,16-17H,7-9H2,1-4H3. The van der Waals surface area contributed by atoms with Crippen molar-refractivity contribution >= 4 is 0 Å². The van der Waals surface area contributed by atoms with Crippen LogP contribution in [0.15, 0.2) is 18.5 Å². The Hall–Kier alpha value is -0.890. The molecule has 100 valence electrons. The van der Waals surface area contributed by atoms with Gasteiger partial charge in [0.2, 0.25) is 0 Å². The molecule has 2 heteroatoms.